The molecule has 1 atom stereocenters. The van der Waals surface area contributed by atoms with E-state index in [1.54, 1.807) is 18.2 Å². The van der Waals surface area contributed by atoms with Gasteiger partial charge < -0.3 is 15.8 Å². The number of halogens is 1. The lowest BCUT2D eigenvalue weighted by Gasteiger charge is -2.34. The number of benzene rings is 1. The minimum atomic E-state index is -0.287. The molecule has 1 aliphatic rings. The second-order valence-corrected chi connectivity index (χ2v) is 6.13. The molecule has 3 N–H and O–H groups in total. The highest BCUT2D eigenvalue weighted by molar-refractivity contribution is 6.32. The molecule has 7 heteroatoms. The number of methoxy groups -OCH3 is 1. The number of carbonyl (C=O) groups excluding carboxylic acids is 2. The van der Waals surface area contributed by atoms with Gasteiger partial charge in [-0.1, -0.05) is 11.6 Å². The molecular weight excluding hydrogens is 318 g/mol. The molecule has 1 aromatic rings. The second-order valence-electron chi connectivity index (χ2n) is 5.73. The van der Waals surface area contributed by atoms with Crippen LogP contribution in [0, 0.1) is 5.92 Å². The predicted molar refractivity (Wildman–Crippen MR) is 89.6 cm³/mol. The van der Waals surface area contributed by atoms with E-state index in [-0.39, 0.29) is 23.8 Å². The van der Waals surface area contributed by atoms with Gasteiger partial charge >= 0.3 is 0 Å². The van der Waals surface area contributed by atoms with E-state index in [4.69, 9.17) is 22.1 Å². The molecule has 2 amide bonds. The van der Waals surface area contributed by atoms with Gasteiger partial charge in [0, 0.05) is 11.6 Å². The van der Waals surface area contributed by atoms with Crippen LogP contribution in [0.25, 0.3) is 0 Å². The number of anilines is 1. The van der Waals surface area contributed by atoms with Gasteiger partial charge in [0.2, 0.25) is 11.8 Å². The molecule has 0 saturated carbocycles. The van der Waals surface area contributed by atoms with Gasteiger partial charge in [-0.3, -0.25) is 14.5 Å². The molecule has 1 fully saturated rings. The van der Waals surface area contributed by atoms with Crippen LogP contribution in [0.4, 0.5) is 5.69 Å². The summed E-state index contributed by atoms with van der Waals surface area (Å²) < 4.78 is 5.09. The first-order valence-electron chi connectivity index (χ1n) is 7.60. The van der Waals surface area contributed by atoms with Crippen LogP contribution in [0.15, 0.2) is 18.2 Å². The molecule has 0 aromatic heterocycles. The third kappa shape index (κ3) is 4.36. The number of nitrogens with two attached hydrogens (primary N) is 1. The van der Waals surface area contributed by atoms with Crippen molar-refractivity contribution in [3.8, 4) is 5.75 Å². The smallest absolute Gasteiger partial charge is 0.241 e. The molecule has 126 valence electrons. The van der Waals surface area contributed by atoms with Gasteiger partial charge in [0.1, 0.15) is 5.75 Å². The van der Waals surface area contributed by atoms with Crippen molar-refractivity contribution in [1.29, 1.82) is 0 Å². The zero-order valence-electron chi connectivity index (χ0n) is 13.3. The fourth-order valence-corrected chi connectivity index (χ4v) is 2.99. The molecule has 1 aromatic carbocycles. The van der Waals surface area contributed by atoms with Gasteiger partial charge in [-0.25, -0.2) is 0 Å². The Morgan fingerprint density at radius 2 is 2.04 bits per heavy atom. The fourth-order valence-electron chi connectivity index (χ4n) is 2.73. The Bertz CT molecular complexity index is 586. The Morgan fingerprint density at radius 1 is 1.39 bits per heavy atom. The van der Waals surface area contributed by atoms with Crippen LogP contribution < -0.4 is 15.8 Å². The monoisotopic (exact) mass is 339 g/mol. The van der Waals surface area contributed by atoms with Crippen molar-refractivity contribution in [3.05, 3.63) is 23.2 Å². The highest BCUT2D eigenvalue weighted by Gasteiger charge is 2.28. The topological polar surface area (TPSA) is 84.7 Å². The van der Waals surface area contributed by atoms with Crippen LogP contribution in [0.5, 0.6) is 5.75 Å². The maximum Gasteiger partial charge on any atom is 0.241 e. The number of hydrogen-bond acceptors (Lipinski definition) is 4. The first-order chi connectivity index (χ1) is 10.9. The number of nitrogens with zero attached hydrogens (tertiary/aromatic N) is 1. The Kier molecular flexibility index (Phi) is 5.85. The molecular formula is C16H22ClN3O3. The number of primary amides is 1. The zero-order chi connectivity index (χ0) is 17.0. The lowest BCUT2D eigenvalue weighted by atomic mass is 9.95. The average molecular weight is 340 g/mol. The number of likely N-dealkylation sites (tertiary alicyclic amines) is 1. The lowest BCUT2D eigenvalue weighted by Crippen LogP contribution is -2.47. The van der Waals surface area contributed by atoms with Crippen LogP contribution >= 0.6 is 11.6 Å². The quantitative estimate of drug-likeness (QED) is 0.857. The highest BCUT2D eigenvalue weighted by Crippen LogP contribution is 2.27. The summed E-state index contributed by atoms with van der Waals surface area (Å²) >= 11 is 6.06. The first-order valence-corrected chi connectivity index (χ1v) is 7.98. The summed E-state index contributed by atoms with van der Waals surface area (Å²) in [6.07, 6.45) is 1.39. The van der Waals surface area contributed by atoms with Gasteiger partial charge in [0.15, 0.2) is 0 Å². The largest absolute Gasteiger partial charge is 0.495 e. The molecule has 1 heterocycles. The van der Waals surface area contributed by atoms with Crippen molar-refractivity contribution < 1.29 is 14.3 Å². The van der Waals surface area contributed by atoms with E-state index in [9.17, 15) is 9.59 Å². The normalized spacial score (nSPS) is 17.5. The van der Waals surface area contributed by atoms with Crippen LogP contribution in [-0.2, 0) is 9.59 Å². The lowest BCUT2D eigenvalue weighted by molar-refractivity contribution is -0.124. The van der Waals surface area contributed by atoms with Crippen LogP contribution in [0.3, 0.4) is 0 Å². The Labute approximate surface area is 140 Å². The molecule has 2 rings (SSSR count). The van der Waals surface area contributed by atoms with E-state index in [2.05, 4.69) is 10.2 Å². The van der Waals surface area contributed by atoms with Crippen LogP contribution in [0.2, 0.25) is 5.02 Å². The van der Waals surface area contributed by atoms with Crippen LogP contribution in [-0.4, -0.2) is 43.0 Å². The summed E-state index contributed by atoms with van der Waals surface area (Å²) in [5.74, 6) is 0.117. The average Bonchev–Trinajstić information content (AvgIpc) is 2.54. The summed E-state index contributed by atoms with van der Waals surface area (Å²) in [5.41, 5.74) is 5.95. The third-order valence-electron chi connectivity index (χ3n) is 4.28. The van der Waals surface area contributed by atoms with Gasteiger partial charge in [-0.05, 0) is 51.1 Å². The molecule has 0 spiro atoms. The fraction of sp³-hybridized carbons (Fsp3) is 0.500. The summed E-state index contributed by atoms with van der Waals surface area (Å²) in [6.45, 7) is 3.22. The minimum absolute atomic E-state index is 0.0816. The standard InChI is InChI=1S/C16H22ClN3O3/c1-10(20-7-5-11(6-8-20)15(18)21)16(22)19-12-3-4-14(23-2)13(17)9-12/h3-4,9-11H,5-8H2,1-2H3,(H2,18,21)(H,19,22)/t10-/m1/s1. The van der Waals surface area contributed by atoms with E-state index < -0.39 is 0 Å². The van der Waals surface area contributed by atoms with Crippen molar-refractivity contribution in [2.75, 3.05) is 25.5 Å². The summed E-state index contributed by atoms with van der Waals surface area (Å²) in [4.78, 5) is 25.6. The molecule has 0 unspecified atom stereocenters. The van der Waals surface area contributed by atoms with E-state index in [0.717, 1.165) is 0 Å². The molecule has 6 nitrogen and oxygen atoms in total. The summed E-state index contributed by atoms with van der Waals surface area (Å²) in [5, 5.41) is 3.30. The van der Waals surface area contributed by atoms with Crippen LogP contribution in [0.1, 0.15) is 19.8 Å². The predicted octanol–water partition coefficient (Wildman–Crippen LogP) is 1.87. The number of carbonyl (C=O) groups is 2. The van der Waals surface area contributed by atoms with E-state index in [1.165, 1.54) is 7.11 Å². The maximum absolute atomic E-state index is 12.4. The van der Waals surface area contributed by atoms with Gasteiger partial charge in [-0.2, -0.15) is 0 Å². The van der Waals surface area contributed by atoms with Crippen molar-refractivity contribution in [1.82, 2.24) is 4.90 Å². The molecule has 1 aliphatic heterocycles. The first kappa shape index (κ1) is 17.6. The number of nitrogens with one attached hydrogen (secondary N) is 1. The van der Waals surface area contributed by atoms with Crippen molar-refractivity contribution in [2.45, 2.75) is 25.8 Å². The molecule has 1 saturated heterocycles. The van der Waals surface area contributed by atoms with E-state index in [1.807, 2.05) is 6.92 Å². The third-order valence-corrected chi connectivity index (χ3v) is 4.57. The Morgan fingerprint density at radius 3 is 2.57 bits per heavy atom. The van der Waals surface area contributed by atoms with Crippen molar-refractivity contribution in [3.63, 3.8) is 0 Å². The number of ether oxygens (including phenoxy) is 1. The SMILES string of the molecule is COc1ccc(NC(=O)[C@@H](C)N2CCC(C(N)=O)CC2)cc1Cl. The van der Waals surface area contributed by atoms with Gasteiger partial charge in [0.25, 0.3) is 0 Å². The van der Waals surface area contributed by atoms with Crippen molar-refractivity contribution >= 4 is 29.1 Å². The number of piperidine rings is 1. The molecule has 0 bridgehead atoms. The summed E-state index contributed by atoms with van der Waals surface area (Å²) in [6, 6.07) is 4.82. The highest BCUT2D eigenvalue weighted by atomic mass is 35.5. The van der Waals surface area contributed by atoms with Gasteiger partial charge in [-0.15, -0.1) is 0 Å². The molecule has 0 radical (unpaired) electrons. The van der Waals surface area contributed by atoms with Crippen molar-refractivity contribution in [2.24, 2.45) is 11.7 Å². The maximum atomic E-state index is 12.4. The minimum Gasteiger partial charge on any atom is -0.495 e. The Hall–Kier alpha value is -1.79. The number of amides is 2. The molecule has 0 aliphatic carbocycles. The Balaban J connectivity index is 1.93. The van der Waals surface area contributed by atoms with E-state index in [0.29, 0.717) is 42.4 Å². The molecule has 23 heavy (non-hydrogen) atoms. The van der Waals surface area contributed by atoms with Gasteiger partial charge in [0.05, 0.1) is 18.2 Å². The second kappa shape index (κ2) is 7.66. The summed E-state index contributed by atoms with van der Waals surface area (Å²) in [7, 11) is 1.54. The van der Waals surface area contributed by atoms with E-state index >= 15 is 0 Å². The number of hydrogen-bond donors (Lipinski definition) is 2. The number of rotatable bonds is 5. The zero-order valence-corrected chi connectivity index (χ0v) is 14.1.